The van der Waals surface area contributed by atoms with Gasteiger partial charge in [0.15, 0.2) is 6.29 Å². The number of benzene rings is 3. The average Bonchev–Trinajstić information content (AvgIpc) is 2.79. The zero-order valence-electron chi connectivity index (χ0n) is 16.1. The van der Waals surface area contributed by atoms with Gasteiger partial charge in [-0.2, -0.15) is 0 Å². The van der Waals surface area contributed by atoms with E-state index >= 15 is 0 Å². The molecule has 31 heavy (non-hydrogen) atoms. The molecular formula is C24H17ClO6. The molecule has 1 heterocycles. The molecule has 6 nitrogen and oxygen atoms in total. The highest BCUT2D eigenvalue weighted by Gasteiger charge is 2.27. The first-order valence-electron chi connectivity index (χ1n) is 9.11. The summed E-state index contributed by atoms with van der Waals surface area (Å²) in [4.78, 5) is 12.0. The van der Waals surface area contributed by atoms with Crippen LogP contribution >= 0.6 is 0 Å². The average molecular weight is 437 g/mol. The summed E-state index contributed by atoms with van der Waals surface area (Å²) < 4.78 is 40.2. The van der Waals surface area contributed by atoms with Gasteiger partial charge in [0.2, 0.25) is 0 Å². The third-order valence-electron chi connectivity index (χ3n) is 4.32. The largest absolute Gasteiger partial charge is 0.371 e. The second kappa shape index (κ2) is 10.1. The van der Waals surface area contributed by atoms with E-state index in [9.17, 15) is 4.79 Å². The lowest BCUT2D eigenvalue weighted by Crippen LogP contribution is -2.68. The van der Waals surface area contributed by atoms with Crippen molar-refractivity contribution in [3.63, 3.8) is 0 Å². The van der Waals surface area contributed by atoms with Crippen molar-refractivity contribution in [1.29, 1.82) is 0 Å². The fourth-order valence-corrected chi connectivity index (χ4v) is 3.05. The van der Waals surface area contributed by atoms with Crippen molar-refractivity contribution in [3.05, 3.63) is 103 Å². The normalized spacial score (nSPS) is 10.7. The van der Waals surface area contributed by atoms with E-state index in [1.807, 2.05) is 97.1 Å². The van der Waals surface area contributed by atoms with E-state index in [2.05, 4.69) is 0 Å². The second-order valence-corrected chi connectivity index (χ2v) is 7.12. The van der Waals surface area contributed by atoms with E-state index in [0.717, 1.165) is 34.3 Å². The van der Waals surface area contributed by atoms with Crippen LogP contribution in [0.1, 0.15) is 10.4 Å². The maximum Gasteiger partial charge on any atom is 0.371 e. The molecule has 0 N–H and O–H groups in total. The third kappa shape index (κ3) is 6.29. The Bertz CT molecular complexity index is 1060. The van der Waals surface area contributed by atoms with Crippen LogP contribution in [0.15, 0.2) is 101 Å². The Morgan fingerprint density at radius 3 is 1.52 bits per heavy atom. The van der Waals surface area contributed by atoms with Gasteiger partial charge in [-0.15, -0.1) is 10.2 Å². The van der Waals surface area contributed by atoms with Gasteiger partial charge in [-0.05, 0) is 29.8 Å². The van der Waals surface area contributed by atoms with Crippen molar-refractivity contribution in [1.82, 2.24) is 0 Å². The number of hydrogen-bond donors (Lipinski definition) is 0. The molecule has 0 spiro atoms. The van der Waals surface area contributed by atoms with Crippen molar-refractivity contribution in [2.24, 2.45) is 0 Å². The predicted molar refractivity (Wildman–Crippen MR) is 105 cm³/mol. The van der Waals surface area contributed by atoms with Crippen LogP contribution in [0.2, 0.25) is 0 Å². The van der Waals surface area contributed by atoms with E-state index in [1.165, 1.54) is 0 Å². The summed E-state index contributed by atoms with van der Waals surface area (Å²) in [5.41, 5.74) is 4.26. The summed E-state index contributed by atoms with van der Waals surface area (Å²) in [6, 6.07) is 31.5. The second-order valence-electron chi connectivity index (χ2n) is 6.36. The lowest BCUT2D eigenvalue weighted by molar-refractivity contribution is -2.00. The molecule has 0 unspecified atom stereocenters. The molecule has 0 aliphatic rings. The first-order chi connectivity index (χ1) is 14.9. The zero-order valence-corrected chi connectivity index (χ0v) is 16.9. The Morgan fingerprint density at radius 2 is 1.06 bits per heavy atom. The highest BCUT2D eigenvalue weighted by atomic mass is 35.7. The van der Waals surface area contributed by atoms with Crippen LogP contribution in [0.4, 0.5) is 0 Å². The number of halogens is 1. The Morgan fingerprint density at radius 1 is 0.645 bits per heavy atom. The van der Waals surface area contributed by atoms with Crippen LogP contribution < -0.4 is 18.6 Å². The fourth-order valence-electron chi connectivity index (χ4n) is 3.05. The van der Waals surface area contributed by atoms with Gasteiger partial charge in [0, 0.05) is 5.56 Å². The molecule has 0 atom stereocenters. The van der Waals surface area contributed by atoms with Gasteiger partial charge < -0.3 is 0 Å². The van der Waals surface area contributed by atoms with Crippen molar-refractivity contribution >= 4 is 6.29 Å². The minimum absolute atomic E-state index is 0.557. The summed E-state index contributed by atoms with van der Waals surface area (Å²) in [7, 11) is -4.94. The Kier molecular flexibility index (Phi) is 7.25. The van der Waals surface area contributed by atoms with Gasteiger partial charge in [0.05, 0.1) is 17.2 Å². The first-order valence-corrected chi connectivity index (χ1v) is 10.3. The molecule has 0 saturated carbocycles. The molecule has 0 saturated heterocycles. The molecule has 7 heteroatoms. The minimum Gasteiger partial charge on any atom is -0.297 e. The summed E-state index contributed by atoms with van der Waals surface area (Å²) >= 11 is 0. The zero-order chi connectivity index (χ0) is 22.3. The highest BCUT2D eigenvalue weighted by Crippen LogP contribution is 2.36. The van der Waals surface area contributed by atoms with Gasteiger partial charge in [0.1, 0.15) is 5.56 Å². The number of carbonyl (C=O) groups excluding carboxylic acids is 1. The van der Waals surface area contributed by atoms with Crippen LogP contribution in [-0.2, 0) is 0 Å². The van der Waals surface area contributed by atoms with Gasteiger partial charge in [0.25, 0.3) is 0 Å². The van der Waals surface area contributed by atoms with Crippen LogP contribution in [-0.4, -0.2) is 6.29 Å². The number of rotatable bonds is 4. The molecule has 3 aromatic carbocycles. The summed E-state index contributed by atoms with van der Waals surface area (Å²) in [6.45, 7) is 0. The number of hydrogen-bond acceptors (Lipinski definition) is 5. The smallest absolute Gasteiger partial charge is 0.297 e. The summed E-state index contributed by atoms with van der Waals surface area (Å²) in [5.74, 6) is 1.31. The monoisotopic (exact) mass is 436 g/mol. The molecule has 0 bridgehead atoms. The van der Waals surface area contributed by atoms with E-state index in [-0.39, 0.29) is 0 Å². The van der Waals surface area contributed by atoms with Gasteiger partial charge in [-0.3, -0.25) is 4.79 Å². The van der Waals surface area contributed by atoms with E-state index < -0.39 is 10.2 Å². The Labute approximate surface area is 181 Å². The number of carbonyl (C=O) groups is 1. The molecule has 0 amide bonds. The maximum atomic E-state index is 12.0. The lowest BCUT2D eigenvalue weighted by atomic mass is 9.96. The van der Waals surface area contributed by atoms with Crippen molar-refractivity contribution in [2.45, 2.75) is 0 Å². The first kappa shape index (κ1) is 22.3. The number of aldehydes is 1. The molecule has 156 valence electrons. The minimum atomic E-state index is -4.94. The van der Waals surface area contributed by atoms with Crippen molar-refractivity contribution in [3.8, 4) is 33.8 Å². The molecule has 0 aliphatic heterocycles. The van der Waals surface area contributed by atoms with E-state index in [1.54, 1.807) is 0 Å². The lowest BCUT2D eigenvalue weighted by Gasteiger charge is -2.17. The molecule has 0 aliphatic carbocycles. The van der Waals surface area contributed by atoms with Crippen LogP contribution in [0.25, 0.3) is 33.8 Å². The standard InChI is InChI=1S/C24H17O2.ClHO4/c25-17-22-21(18-10-4-1-5-11-18)16-23(19-12-6-2-7-13-19)26-24(22)20-14-8-3-9-15-20;2-1(3,4)5/h1-17H;(H,2,3,4,5)/q+1;/p-1. The highest BCUT2D eigenvalue weighted by molar-refractivity contribution is 5.95. The van der Waals surface area contributed by atoms with Gasteiger partial charge in [-0.25, -0.2) is 23.1 Å². The van der Waals surface area contributed by atoms with Crippen LogP contribution in [0.3, 0.4) is 0 Å². The predicted octanol–water partition coefficient (Wildman–Crippen LogP) is 1.62. The quantitative estimate of drug-likeness (QED) is 0.354. The van der Waals surface area contributed by atoms with E-state index in [4.69, 9.17) is 23.1 Å². The molecule has 1 aromatic heterocycles. The third-order valence-corrected chi connectivity index (χ3v) is 4.32. The van der Waals surface area contributed by atoms with Crippen LogP contribution in [0.5, 0.6) is 0 Å². The topological polar surface area (TPSA) is 121 Å². The molecule has 4 rings (SSSR count). The van der Waals surface area contributed by atoms with E-state index in [0.29, 0.717) is 11.3 Å². The van der Waals surface area contributed by atoms with Crippen molar-refractivity contribution in [2.75, 3.05) is 0 Å². The molecule has 4 aromatic rings. The summed E-state index contributed by atoms with van der Waals surface area (Å²) in [6.07, 6.45) is 0.878. The molecular weight excluding hydrogens is 420 g/mol. The Hall–Kier alpha value is -3.39. The summed E-state index contributed by atoms with van der Waals surface area (Å²) in [5, 5.41) is 0. The molecule has 0 radical (unpaired) electrons. The van der Waals surface area contributed by atoms with Gasteiger partial charge >= 0.3 is 11.5 Å². The Balaban J connectivity index is 0.000000491. The fraction of sp³-hybridized carbons (Fsp3) is 0. The van der Waals surface area contributed by atoms with Crippen molar-refractivity contribution < 1.29 is 38.1 Å². The maximum absolute atomic E-state index is 12.0. The SMILES string of the molecule is O=Cc1c(-c2ccccc2)cc(-c2ccccc2)[o+]c1-c1ccccc1.[O-][Cl+3]([O-])([O-])[O-]. The van der Waals surface area contributed by atoms with Crippen LogP contribution in [0, 0.1) is 10.2 Å². The molecule has 0 fully saturated rings. The van der Waals surface area contributed by atoms with Gasteiger partial charge in [-0.1, -0.05) is 66.7 Å².